The molecule has 6 heteroatoms. The van der Waals surface area contributed by atoms with Crippen LogP contribution >= 0.6 is 34.3 Å². The van der Waals surface area contributed by atoms with Gasteiger partial charge >= 0.3 is 0 Å². The highest BCUT2D eigenvalue weighted by Gasteiger charge is 2.10. The van der Waals surface area contributed by atoms with E-state index in [1.54, 1.807) is 11.3 Å². The molecule has 2 aromatic rings. The van der Waals surface area contributed by atoms with Gasteiger partial charge in [0.05, 0.1) is 9.90 Å². The lowest BCUT2D eigenvalue weighted by Gasteiger charge is -1.95. The largest absolute Gasteiger partial charge is 0.360 e. The first-order valence-electron chi connectivity index (χ1n) is 4.62. The molecule has 0 aliphatic heterocycles. The average Bonchev–Trinajstić information content (AvgIpc) is 2.83. The zero-order valence-corrected chi connectivity index (χ0v) is 10.5. The van der Waals surface area contributed by atoms with Gasteiger partial charge in [0.25, 0.3) is 0 Å². The molecule has 15 heavy (non-hydrogen) atoms. The minimum Gasteiger partial charge on any atom is -0.360 e. The van der Waals surface area contributed by atoms with Crippen molar-refractivity contribution in [1.29, 1.82) is 0 Å². The van der Waals surface area contributed by atoms with E-state index in [1.807, 2.05) is 11.4 Å². The van der Waals surface area contributed by atoms with Crippen molar-refractivity contribution in [3.05, 3.63) is 16.5 Å². The van der Waals surface area contributed by atoms with Crippen LogP contribution in [0.1, 0.15) is 13.3 Å². The quantitative estimate of drug-likeness (QED) is 0.909. The van der Waals surface area contributed by atoms with Gasteiger partial charge in [0.1, 0.15) is 0 Å². The number of anilines is 1. The van der Waals surface area contributed by atoms with Crippen molar-refractivity contribution in [2.75, 3.05) is 11.9 Å². The van der Waals surface area contributed by atoms with E-state index >= 15 is 0 Å². The fraction of sp³-hybridized carbons (Fsp3) is 0.333. The van der Waals surface area contributed by atoms with Crippen LogP contribution in [0.25, 0.3) is 9.88 Å². The highest BCUT2D eigenvalue weighted by molar-refractivity contribution is 7.23. The number of thiophene rings is 1. The Bertz CT molecular complexity index is 438. The molecule has 80 valence electrons. The van der Waals surface area contributed by atoms with Crippen molar-refractivity contribution in [2.24, 2.45) is 0 Å². The Labute approximate surface area is 101 Å². The Morgan fingerprint density at radius 2 is 2.33 bits per heavy atom. The molecule has 0 bridgehead atoms. The smallest absolute Gasteiger partial charge is 0.206 e. The summed E-state index contributed by atoms with van der Waals surface area (Å²) >= 11 is 9.14. The number of rotatable bonds is 4. The predicted molar refractivity (Wildman–Crippen MR) is 67.0 cm³/mol. The number of nitrogens with zero attached hydrogens (tertiary/aromatic N) is 2. The van der Waals surface area contributed by atoms with Crippen LogP contribution < -0.4 is 5.32 Å². The van der Waals surface area contributed by atoms with Crippen molar-refractivity contribution >= 4 is 39.4 Å². The van der Waals surface area contributed by atoms with E-state index in [0.29, 0.717) is 0 Å². The molecule has 3 nitrogen and oxygen atoms in total. The van der Waals surface area contributed by atoms with Crippen molar-refractivity contribution in [3.63, 3.8) is 0 Å². The van der Waals surface area contributed by atoms with Crippen LogP contribution in [0.2, 0.25) is 5.02 Å². The molecule has 0 aliphatic rings. The second-order valence-corrected chi connectivity index (χ2v) is 5.24. The normalized spacial score (nSPS) is 10.5. The van der Waals surface area contributed by atoms with Crippen molar-refractivity contribution in [3.8, 4) is 9.88 Å². The molecular weight excluding hydrogens is 250 g/mol. The van der Waals surface area contributed by atoms with Crippen molar-refractivity contribution < 1.29 is 0 Å². The van der Waals surface area contributed by atoms with Gasteiger partial charge in [-0.15, -0.1) is 21.5 Å². The summed E-state index contributed by atoms with van der Waals surface area (Å²) in [6, 6.07) is 1.88. The summed E-state index contributed by atoms with van der Waals surface area (Å²) in [6.45, 7) is 3.04. The van der Waals surface area contributed by atoms with Crippen LogP contribution in [0.15, 0.2) is 11.4 Å². The topological polar surface area (TPSA) is 37.8 Å². The Balaban J connectivity index is 2.17. The highest BCUT2D eigenvalue weighted by Crippen LogP contribution is 2.35. The monoisotopic (exact) mass is 259 g/mol. The average molecular weight is 260 g/mol. The Morgan fingerprint density at radius 1 is 1.47 bits per heavy atom. The summed E-state index contributed by atoms with van der Waals surface area (Å²) in [4.78, 5) is 0.999. The number of nitrogens with one attached hydrogen (secondary N) is 1. The van der Waals surface area contributed by atoms with Crippen molar-refractivity contribution in [2.45, 2.75) is 13.3 Å². The van der Waals surface area contributed by atoms with Gasteiger partial charge in [-0.25, -0.2) is 0 Å². The fourth-order valence-electron chi connectivity index (χ4n) is 1.06. The first kappa shape index (κ1) is 10.9. The van der Waals surface area contributed by atoms with Crippen LogP contribution in [-0.4, -0.2) is 16.7 Å². The maximum absolute atomic E-state index is 6.02. The number of hydrogen-bond donors (Lipinski definition) is 1. The summed E-state index contributed by atoms with van der Waals surface area (Å²) < 4.78 is 0. The van der Waals surface area contributed by atoms with Gasteiger partial charge in [0.2, 0.25) is 5.13 Å². The zero-order valence-electron chi connectivity index (χ0n) is 8.16. The number of halogens is 1. The van der Waals surface area contributed by atoms with Gasteiger partial charge in [-0.3, -0.25) is 0 Å². The lowest BCUT2D eigenvalue weighted by Crippen LogP contribution is -1.98. The van der Waals surface area contributed by atoms with E-state index in [0.717, 1.165) is 33.0 Å². The summed E-state index contributed by atoms with van der Waals surface area (Å²) in [5, 5.41) is 15.8. The van der Waals surface area contributed by atoms with Crippen LogP contribution in [0, 0.1) is 0 Å². The highest BCUT2D eigenvalue weighted by atomic mass is 35.5. The molecule has 2 heterocycles. The molecule has 0 spiro atoms. The summed E-state index contributed by atoms with van der Waals surface area (Å²) in [5.41, 5.74) is 0. The molecule has 0 saturated heterocycles. The van der Waals surface area contributed by atoms with Gasteiger partial charge in [-0.1, -0.05) is 29.9 Å². The molecule has 0 aliphatic carbocycles. The van der Waals surface area contributed by atoms with Gasteiger partial charge in [-0.05, 0) is 17.9 Å². The Hall–Kier alpha value is -0.650. The second kappa shape index (κ2) is 4.92. The molecule has 0 aromatic carbocycles. The molecule has 0 atom stereocenters. The predicted octanol–water partition coefficient (Wildman–Crippen LogP) is 3.74. The van der Waals surface area contributed by atoms with Crippen LogP contribution in [0.3, 0.4) is 0 Å². The number of hydrogen-bond acceptors (Lipinski definition) is 5. The van der Waals surface area contributed by atoms with Crippen LogP contribution in [0.4, 0.5) is 5.13 Å². The Morgan fingerprint density at radius 3 is 3.00 bits per heavy atom. The third kappa shape index (κ3) is 2.48. The second-order valence-electron chi connectivity index (χ2n) is 2.94. The lowest BCUT2D eigenvalue weighted by atomic mass is 10.5. The van der Waals surface area contributed by atoms with Crippen LogP contribution in [-0.2, 0) is 0 Å². The molecular formula is C9H10ClN3S2. The summed E-state index contributed by atoms with van der Waals surface area (Å²) in [7, 11) is 0. The molecule has 2 rings (SSSR count). The standard InChI is InChI=1S/C9H10ClN3S2/c1-2-4-11-9-13-12-8(15-9)7-6(10)3-5-14-7/h3,5H,2,4H2,1H3,(H,11,13). The SMILES string of the molecule is CCCNc1nnc(-c2sccc2Cl)s1. The van der Waals surface area contributed by atoms with E-state index in [1.165, 1.54) is 11.3 Å². The Kier molecular flexibility index (Phi) is 3.56. The van der Waals surface area contributed by atoms with E-state index in [9.17, 15) is 0 Å². The van der Waals surface area contributed by atoms with Crippen molar-refractivity contribution in [1.82, 2.24) is 10.2 Å². The zero-order chi connectivity index (χ0) is 10.7. The van der Waals surface area contributed by atoms with Gasteiger partial charge in [0.15, 0.2) is 5.01 Å². The van der Waals surface area contributed by atoms with E-state index in [-0.39, 0.29) is 0 Å². The lowest BCUT2D eigenvalue weighted by molar-refractivity contribution is 0.964. The summed E-state index contributed by atoms with van der Waals surface area (Å²) in [5.74, 6) is 0. The molecule has 2 aromatic heterocycles. The van der Waals surface area contributed by atoms with Gasteiger partial charge in [-0.2, -0.15) is 0 Å². The first-order chi connectivity index (χ1) is 7.31. The maximum Gasteiger partial charge on any atom is 0.206 e. The summed E-state index contributed by atoms with van der Waals surface area (Å²) in [6.07, 6.45) is 1.08. The minimum absolute atomic E-state index is 0.748. The minimum atomic E-state index is 0.748. The maximum atomic E-state index is 6.02. The fourth-order valence-corrected chi connectivity index (χ4v) is 3.14. The van der Waals surface area contributed by atoms with Crippen LogP contribution in [0.5, 0.6) is 0 Å². The molecule has 0 amide bonds. The number of aromatic nitrogens is 2. The third-order valence-corrected chi connectivity index (χ3v) is 4.14. The molecule has 0 unspecified atom stereocenters. The molecule has 0 saturated carbocycles. The van der Waals surface area contributed by atoms with E-state index in [4.69, 9.17) is 11.6 Å². The van der Waals surface area contributed by atoms with Gasteiger partial charge in [0, 0.05) is 6.54 Å². The van der Waals surface area contributed by atoms with E-state index in [2.05, 4.69) is 22.4 Å². The van der Waals surface area contributed by atoms with Gasteiger partial charge < -0.3 is 5.32 Å². The molecule has 1 N–H and O–H groups in total. The van der Waals surface area contributed by atoms with E-state index < -0.39 is 0 Å². The third-order valence-electron chi connectivity index (χ3n) is 1.76. The molecule has 0 radical (unpaired) electrons. The first-order valence-corrected chi connectivity index (χ1v) is 6.69. The molecule has 0 fully saturated rings.